The van der Waals surface area contributed by atoms with Crippen molar-refractivity contribution in [3.8, 4) is 17.2 Å². The van der Waals surface area contributed by atoms with Gasteiger partial charge in [0, 0.05) is 18.4 Å². The molecule has 0 radical (unpaired) electrons. The number of nitrogens with one attached hydrogen (secondary N) is 2. The fourth-order valence-electron chi connectivity index (χ4n) is 4.01. The van der Waals surface area contributed by atoms with Gasteiger partial charge >= 0.3 is 0 Å². The van der Waals surface area contributed by atoms with Crippen molar-refractivity contribution in [1.82, 2.24) is 5.32 Å². The highest BCUT2D eigenvalue weighted by Gasteiger charge is 2.51. The average Bonchev–Trinajstić information content (AvgIpc) is 2.67. The number of carbonyl (C=O) groups is 2. The molecule has 2 aliphatic heterocycles. The summed E-state index contributed by atoms with van der Waals surface area (Å²) in [5.41, 5.74) is 0.501. The molecule has 7 heteroatoms. The number of hydrogen-bond donors (Lipinski definition) is 2. The van der Waals surface area contributed by atoms with Crippen LogP contribution in [-0.4, -0.2) is 31.8 Å². The van der Waals surface area contributed by atoms with Gasteiger partial charge in [0.2, 0.25) is 11.8 Å². The largest absolute Gasteiger partial charge is 0.497 e. The molecule has 2 aliphatic rings. The predicted molar refractivity (Wildman–Crippen MR) is 103 cm³/mol. The molecular formula is C21H22N2O5. The molecule has 2 heterocycles. The molecule has 28 heavy (non-hydrogen) atoms. The molecular weight excluding hydrogens is 360 g/mol. The Hall–Kier alpha value is -3.22. The van der Waals surface area contributed by atoms with Crippen LogP contribution in [0.15, 0.2) is 42.5 Å². The molecule has 2 amide bonds. The first-order valence-electron chi connectivity index (χ1n) is 9.07. The SMILES string of the molecule is COc1ccc(OC)c(NC(=O)[C@@H]2C(=O)N[C@@]3(C)C[C@H]2c2ccccc2O3)c1. The zero-order valence-corrected chi connectivity index (χ0v) is 15.9. The Labute approximate surface area is 163 Å². The maximum atomic E-state index is 13.2. The topological polar surface area (TPSA) is 85.9 Å². The number of fused-ring (bicyclic) bond motifs is 4. The van der Waals surface area contributed by atoms with E-state index >= 15 is 0 Å². The van der Waals surface area contributed by atoms with E-state index in [4.69, 9.17) is 14.2 Å². The van der Waals surface area contributed by atoms with Crippen molar-refractivity contribution in [2.24, 2.45) is 5.92 Å². The summed E-state index contributed by atoms with van der Waals surface area (Å²) in [6.07, 6.45) is 0.517. The van der Waals surface area contributed by atoms with Crippen LogP contribution in [0.4, 0.5) is 5.69 Å². The molecule has 1 fully saturated rings. The molecule has 2 aromatic carbocycles. The van der Waals surface area contributed by atoms with Gasteiger partial charge in [-0.05, 0) is 30.7 Å². The molecule has 0 aliphatic carbocycles. The fraction of sp³-hybridized carbons (Fsp3) is 0.333. The first-order valence-corrected chi connectivity index (χ1v) is 9.07. The van der Waals surface area contributed by atoms with E-state index in [9.17, 15) is 9.59 Å². The maximum Gasteiger partial charge on any atom is 0.237 e. The van der Waals surface area contributed by atoms with Crippen molar-refractivity contribution in [3.63, 3.8) is 0 Å². The lowest BCUT2D eigenvalue weighted by Crippen LogP contribution is -2.62. The van der Waals surface area contributed by atoms with E-state index in [1.165, 1.54) is 7.11 Å². The van der Waals surface area contributed by atoms with Crippen molar-refractivity contribution in [2.45, 2.75) is 25.0 Å². The minimum Gasteiger partial charge on any atom is -0.497 e. The number of benzene rings is 2. The van der Waals surface area contributed by atoms with Gasteiger partial charge in [-0.2, -0.15) is 0 Å². The normalized spacial score (nSPS) is 25.0. The van der Waals surface area contributed by atoms with E-state index in [1.54, 1.807) is 25.3 Å². The summed E-state index contributed by atoms with van der Waals surface area (Å²) in [4.78, 5) is 26.0. The molecule has 0 unspecified atom stereocenters. The number of piperidine rings is 1. The summed E-state index contributed by atoms with van der Waals surface area (Å²) in [6, 6.07) is 12.6. The Kier molecular flexibility index (Phi) is 4.37. The van der Waals surface area contributed by atoms with Gasteiger partial charge in [0.25, 0.3) is 0 Å². The molecule has 2 N–H and O–H groups in total. The Morgan fingerprint density at radius 2 is 2.00 bits per heavy atom. The average molecular weight is 382 g/mol. The van der Waals surface area contributed by atoms with Gasteiger partial charge in [-0.15, -0.1) is 0 Å². The number of hydrogen-bond acceptors (Lipinski definition) is 5. The summed E-state index contributed by atoms with van der Waals surface area (Å²) in [7, 11) is 3.06. The Balaban J connectivity index is 1.68. The molecule has 2 bridgehead atoms. The summed E-state index contributed by atoms with van der Waals surface area (Å²) < 4.78 is 16.5. The third-order valence-electron chi connectivity index (χ3n) is 5.28. The first-order chi connectivity index (χ1) is 13.4. The highest BCUT2D eigenvalue weighted by molar-refractivity contribution is 6.08. The van der Waals surface area contributed by atoms with Crippen LogP contribution in [0.1, 0.15) is 24.8 Å². The van der Waals surface area contributed by atoms with Crippen molar-refractivity contribution in [2.75, 3.05) is 19.5 Å². The summed E-state index contributed by atoms with van der Waals surface area (Å²) in [6.45, 7) is 1.83. The van der Waals surface area contributed by atoms with Crippen molar-refractivity contribution < 1.29 is 23.8 Å². The molecule has 2 aromatic rings. The Bertz CT molecular complexity index is 944. The molecule has 146 valence electrons. The zero-order valence-electron chi connectivity index (χ0n) is 15.9. The summed E-state index contributed by atoms with van der Waals surface area (Å²) >= 11 is 0. The lowest BCUT2D eigenvalue weighted by molar-refractivity contribution is -0.145. The number of para-hydroxylation sites is 1. The highest BCUT2D eigenvalue weighted by atomic mass is 16.5. The van der Waals surface area contributed by atoms with Gasteiger partial charge in [-0.1, -0.05) is 18.2 Å². The standard InChI is InChI=1S/C21H22N2O5/c1-21-11-14(13-6-4-5-7-16(13)28-21)18(20(25)23-21)19(24)22-15-10-12(26-2)8-9-17(15)27-3/h4-10,14,18H,11H2,1-3H3,(H,22,24)(H,23,25)/t14-,18+,21+/m0/s1. The van der Waals surface area contributed by atoms with Crippen molar-refractivity contribution in [3.05, 3.63) is 48.0 Å². The predicted octanol–water partition coefficient (Wildman–Crippen LogP) is 2.67. The molecule has 0 spiro atoms. The van der Waals surface area contributed by atoms with Crippen LogP contribution in [0.25, 0.3) is 0 Å². The molecule has 3 atom stereocenters. The van der Waals surface area contributed by atoms with Crippen LogP contribution in [-0.2, 0) is 9.59 Å². The minimum atomic E-state index is -0.881. The van der Waals surface area contributed by atoms with Crippen LogP contribution < -0.4 is 24.8 Å². The Morgan fingerprint density at radius 1 is 1.21 bits per heavy atom. The van der Waals surface area contributed by atoms with Crippen LogP contribution in [0.3, 0.4) is 0 Å². The van der Waals surface area contributed by atoms with E-state index in [0.717, 1.165) is 5.56 Å². The third-order valence-corrected chi connectivity index (χ3v) is 5.28. The number of amides is 2. The van der Waals surface area contributed by atoms with Crippen LogP contribution in [0, 0.1) is 5.92 Å². The van der Waals surface area contributed by atoms with Crippen LogP contribution in [0.2, 0.25) is 0 Å². The van der Waals surface area contributed by atoms with E-state index in [0.29, 0.717) is 29.4 Å². The number of carbonyl (C=O) groups excluding carboxylic acids is 2. The second-order valence-corrected chi connectivity index (χ2v) is 7.20. The maximum absolute atomic E-state index is 13.2. The molecule has 1 saturated heterocycles. The second-order valence-electron chi connectivity index (χ2n) is 7.20. The molecule has 7 nitrogen and oxygen atoms in total. The fourth-order valence-corrected chi connectivity index (χ4v) is 4.01. The van der Waals surface area contributed by atoms with Gasteiger partial charge in [-0.3, -0.25) is 9.59 Å². The number of ether oxygens (including phenoxy) is 3. The van der Waals surface area contributed by atoms with Gasteiger partial charge in [0.15, 0.2) is 5.72 Å². The van der Waals surface area contributed by atoms with E-state index in [1.807, 2.05) is 31.2 Å². The zero-order chi connectivity index (χ0) is 19.9. The number of methoxy groups -OCH3 is 2. The third kappa shape index (κ3) is 3.02. The quantitative estimate of drug-likeness (QED) is 0.794. The second kappa shape index (κ2) is 6.74. The number of anilines is 1. The monoisotopic (exact) mass is 382 g/mol. The summed E-state index contributed by atoms with van der Waals surface area (Å²) in [5.74, 6) is -0.150. The van der Waals surface area contributed by atoms with Crippen LogP contribution in [0.5, 0.6) is 17.2 Å². The molecule has 0 saturated carbocycles. The van der Waals surface area contributed by atoms with Crippen molar-refractivity contribution in [1.29, 1.82) is 0 Å². The van der Waals surface area contributed by atoms with Crippen molar-refractivity contribution >= 4 is 17.5 Å². The van der Waals surface area contributed by atoms with Gasteiger partial charge < -0.3 is 24.8 Å². The minimum absolute atomic E-state index is 0.277. The first kappa shape index (κ1) is 18.2. The van der Waals surface area contributed by atoms with E-state index in [2.05, 4.69) is 10.6 Å². The number of rotatable bonds is 4. The van der Waals surface area contributed by atoms with Gasteiger partial charge in [0.05, 0.1) is 19.9 Å². The molecule has 4 rings (SSSR count). The lowest BCUT2D eigenvalue weighted by Gasteiger charge is -2.46. The highest BCUT2D eigenvalue weighted by Crippen LogP contribution is 2.47. The molecule has 0 aromatic heterocycles. The van der Waals surface area contributed by atoms with E-state index in [-0.39, 0.29) is 11.8 Å². The van der Waals surface area contributed by atoms with Crippen LogP contribution >= 0.6 is 0 Å². The smallest absolute Gasteiger partial charge is 0.237 e. The lowest BCUT2D eigenvalue weighted by atomic mass is 9.74. The Morgan fingerprint density at radius 3 is 2.75 bits per heavy atom. The summed E-state index contributed by atoms with van der Waals surface area (Å²) in [5, 5.41) is 5.69. The van der Waals surface area contributed by atoms with Gasteiger partial charge in [-0.25, -0.2) is 0 Å². The van der Waals surface area contributed by atoms with E-state index < -0.39 is 17.6 Å². The van der Waals surface area contributed by atoms with Gasteiger partial charge in [0.1, 0.15) is 23.2 Å².